The smallest absolute Gasteiger partial charge is 0.243 e. The number of rotatable bonds is 5. The maximum absolute atomic E-state index is 13.6. The number of sulfonamides is 1. The summed E-state index contributed by atoms with van der Waals surface area (Å²) in [4.78, 5) is 17.0. The van der Waals surface area contributed by atoms with Gasteiger partial charge < -0.3 is 29.1 Å². The SMILES string of the molecule is COc1cccc(S(=O)(=O)N2C[C@H](O)COC[C@H]3O[C@@H](CC(=O)N4CCN(C)CC4)CC[C@@H]32)c1. The molecular formula is C23H35N3O7S. The molecule has 3 aliphatic rings. The number of carbonyl (C=O) groups excluding carboxylic acids is 1. The highest BCUT2D eigenvalue weighted by Crippen LogP contribution is 2.32. The lowest BCUT2D eigenvalue weighted by molar-refractivity contribution is -0.152. The molecular weight excluding hydrogens is 462 g/mol. The van der Waals surface area contributed by atoms with Crippen LogP contribution in [0.4, 0.5) is 0 Å². The van der Waals surface area contributed by atoms with Gasteiger partial charge in [-0.2, -0.15) is 4.31 Å². The molecule has 1 aromatic carbocycles. The van der Waals surface area contributed by atoms with Gasteiger partial charge in [0.1, 0.15) is 5.75 Å². The quantitative estimate of drug-likeness (QED) is 0.613. The van der Waals surface area contributed by atoms with Crippen molar-refractivity contribution in [2.75, 3.05) is 60.1 Å². The van der Waals surface area contributed by atoms with E-state index in [0.717, 1.165) is 13.1 Å². The van der Waals surface area contributed by atoms with Gasteiger partial charge in [0.2, 0.25) is 15.9 Å². The van der Waals surface area contributed by atoms with Crippen LogP contribution in [0.25, 0.3) is 0 Å². The molecule has 0 unspecified atom stereocenters. The Labute approximate surface area is 201 Å². The number of nitrogens with zero attached hydrogens (tertiary/aromatic N) is 3. The highest BCUT2D eigenvalue weighted by Gasteiger charge is 2.43. The van der Waals surface area contributed by atoms with E-state index in [1.165, 1.54) is 23.5 Å². The number of fused-ring (bicyclic) bond motifs is 1. The minimum Gasteiger partial charge on any atom is -0.497 e. The second-order valence-corrected chi connectivity index (χ2v) is 11.2. The van der Waals surface area contributed by atoms with E-state index < -0.39 is 28.3 Å². The standard InChI is InChI=1S/C23H35N3O7S/c1-24-8-10-25(11-9-24)23(28)13-19-6-7-21-22(33-19)16-32-15-17(27)14-26(21)34(29,30)20-5-3-4-18(12-20)31-2/h3-5,12,17,19,21-22,27H,6-11,13-16H2,1-2H3/t17-,19+,21-,22+/m0/s1. The first-order chi connectivity index (χ1) is 16.3. The van der Waals surface area contributed by atoms with Crippen LogP contribution in [-0.4, -0.2) is 118 Å². The largest absolute Gasteiger partial charge is 0.497 e. The van der Waals surface area contributed by atoms with Crippen LogP contribution in [0.1, 0.15) is 19.3 Å². The first-order valence-corrected chi connectivity index (χ1v) is 13.3. The first kappa shape index (κ1) is 25.3. The minimum absolute atomic E-state index is 0.0155. The van der Waals surface area contributed by atoms with Crippen molar-refractivity contribution in [3.05, 3.63) is 24.3 Å². The molecule has 190 valence electrons. The lowest BCUT2D eigenvalue weighted by atomic mass is 9.96. The zero-order valence-electron chi connectivity index (χ0n) is 19.8. The summed E-state index contributed by atoms with van der Waals surface area (Å²) in [6, 6.07) is 5.82. The summed E-state index contributed by atoms with van der Waals surface area (Å²) in [6.45, 7) is 3.22. The van der Waals surface area contributed by atoms with E-state index in [2.05, 4.69) is 4.90 Å². The van der Waals surface area contributed by atoms with Crippen LogP contribution in [0.5, 0.6) is 5.75 Å². The number of methoxy groups -OCH3 is 1. The molecule has 1 N–H and O–H groups in total. The summed E-state index contributed by atoms with van der Waals surface area (Å²) in [7, 11) is -0.394. The fourth-order valence-electron chi connectivity index (χ4n) is 4.85. The third-order valence-corrected chi connectivity index (χ3v) is 8.73. The van der Waals surface area contributed by atoms with Crippen molar-refractivity contribution >= 4 is 15.9 Å². The second kappa shape index (κ2) is 10.9. The van der Waals surface area contributed by atoms with Crippen LogP contribution in [0.15, 0.2) is 29.2 Å². The third kappa shape index (κ3) is 5.72. The van der Waals surface area contributed by atoms with Crippen molar-refractivity contribution in [2.45, 2.75) is 48.5 Å². The highest BCUT2D eigenvalue weighted by atomic mass is 32.2. The molecule has 3 heterocycles. The van der Waals surface area contributed by atoms with Gasteiger partial charge >= 0.3 is 0 Å². The molecule has 0 saturated carbocycles. The average molecular weight is 498 g/mol. The van der Waals surface area contributed by atoms with Gasteiger partial charge in [0.15, 0.2) is 0 Å². The minimum atomic E-state index is -3.92. The number of hydrogen-bond acceptors (Lipinski definition) is 8. The van der Waals surface area contributed by atoms with E-state index in [0.29, 0.717) is 31.7 Å². The molecule has 3 fully saturated rings. The van der Waals surface area contributed by atoms with Crippen molar-refractivity contribution in [1.82, 2.24) is 14.1 Å². The number of β-amino-alcohol motifs (C(OH)–C–C–N with tert-alkyl or cyclic N) is 1. The van der Waals surface area contributed by atoms with Gasteiger partial charge in [-0.3, -0.25) is 4.79 Å². The molecule has 0 aromatic heterocycles. The number of benzene rings is 1. The molecule has 0 spiro atoms. The number of amides is 1. The van der Waals surface area contributed by atoms with Crippen LogP contribution in [0, 0.1) is 0 Å². The molecule has 4 atom stereocenters. The molecule has 1 amide bonds. The van der Waals surface area contributed by atoms with Crippen LogP contribution < -0.4 is 4.74 Å². The predicted octanol–water partition coefficient (Wildman–Crippen LogP) is 0.157. The van der Waals surface area contributed by atoms with Crippen molar-refractivity contribution in [3.8, 4) is 5.75 Å². The summed E-state index contributed by atoms with van der Waals surface area (Å²) >= 11 is 0. The number of likely N-dealkylation sites (N-methyl/N-ethyl adjacent to an activating group) is 1. The molecule has 4 rings (SSSR count). The molecule has 11 heteroatoms. The Kier molecular flexibility index (Phi) is 8.11. The summed E-state index contributed by atoms with van der Waals surface area (Å²) in [5.74, 6) is 0.510. The van der Waals surface area contributed by atoms with Crippen LogP contribution in [0.3, 0.4) is 0 Å². The molecule has 0 bridgehead atoms. The summed E-state index contributed by atoms with van der Waals surface area (Å²) in [5, 5.41) is 10.4. The Morgan fingerprint density at radius 3 is 2.68 bits per heavy atom. The number of piperazine rings is 1. The average Bonchev–Trinajstić information content (AvgIpc) is 2.82. The maximum Gasteiger partial charge on any atom is 0.243 e. The van der Waals surface area contributed by atoms with E-state index in [1.54, 1.807) is 12.1 Å². The van der Waals surface area contributed by atoms with Crippen LogP contribution >= 0.6 is 0 Å². The Morgan fingerprint density at radius 2 is 1.94 bits per heavy atom. The Bertz CT molecular complexity index is 952. The van der Waals surface area contributed by atoms with E-state index in [9.17, 15) is 18.3 Å². The molecule has 10 nitrogen and oxygen atoms in total. The zero-order chi connectivity index (χ0) is 24.3. The predicted molar refractivity (Wildman–Crippen MR) is 124 cm³/mol. The van der Waals surface area contributed by atoms with E-state index in [4.69, 9.17) is 14.2 Å². The van der Waals surface area contributed by atoms with Crippen molar-refractivity contribution in [2.24, 2.45) is 0 Å². The van der Waals surface area contributed by atoms with Gasteiger partial charge in [0.25, 0.3) is 0 Å². The fourth-order valence-corrected chi connectivity index (χ4v) is 6.60. The Morgan fingerprint density at radius 1 is 1.18 bits per heavy atom. The fraction of sp³-hybridized carbons (Fsp3) is 0.696. The Balaban J connectivity index is 1.49. The topological polar surface area (TPSA) is 109 Å². The molecule has 3 aliphatic heterocycles. The molecule has 1 aromatic rings. The van der Waals surface area contributed by atoms with E-state index >= 15 is 0 Å². The van der Waals surface area contributed by atoms with Crippen molar-refractivity contribution in [3.63, 3.8) is 0 Å². The zero-order valence-corrected chi connectivity index (χ0v) is 20.7. The third-order valence-electron chi connectivity index (χ3n) is 6.84. The monoisotopic (exact) mass is 497 g/mol. The lowest BCUT2D eigenvalue weighted by Crippen LogP contribution is -2.57. The van der Waals surface area contributed by atoms with Gasteiger partial charge in [-0.15, -0.1) is 0 Å². The molecule has 0 aliphatic carbocycles. The summed E-state index contributed by atoms with van der Waals surface area (Å²) in [5.41, 5.74) is 0. The van der Waals surface area contributed by atoms with E-state index in [-0.39, 0.29) is 43.1 Å². The Hall–Kier alpha value is -1.76. The number of ether oxygens (including phenoxy) is 3. The van der Waals surface area contributed by atoms with Crippen LogP contribution in [0.2, 0.25) is 0 Å². The van der Waals surface area contributed by atoms with Crippen molar-refractivity contribution < 1.29 is 32.5 Å². The molecule has 0 radical (unpaired) electrons. The van der Waals surface area contributed by atoms with E-state index in [1.807, 2.05) is 11.9 Å². The number of aliphatic hydroxyl groups is 1. The summed E-state index contributed by atoms with van der Waals surface area (Å²) < 4.78 is 45.6. The summed E-state index contributed by atoms with van der Waals surface area (Å²) in [6.07, 6.45) is -0.406. The van der Waals surface area contributed by atoms with Gasteiger partial charge in [-0.1, -0.05) is 6.07 Å². The second-order valence-electron chi connectivity index (χ2n) is 9.27. The van der Waals surface area contributed by atoms with Crippen molar-refractivity contribution in [1.29, 1.82) is 0 Å². The number of hydrogen-bond donors (Lipinski definition) is 1. The first-order valence-electron chi connectivity index (χ1n) is 11.8. The molecule has 3 saturated heterocycles. The van der Waals surface area contributed by atoms with Gasteiger partial charge in [-0.25, -0.2) is 8.42 Å². The normalized spacial score (nSPS) is 29.7. The van der Waals surface area contributed by atoms with Crippen LogP contribution in [-0.2, 0) is 24.3 Å². The van der Waals surface area contributed by atoms with Gasteiger partial charge in [0, 0.05) is 38.8 Å². The number of carbonyl (C=O) groups is 1. The lowest BCUT2D eigenvalue weighted by Gasteiger charge is -2.44. The number of aliphatic hydroxyl groups excluding tert-OH is 1. The van der Waals surface area contributed by atoms with Gasteiger partial charge in [0.05, 0.1) is 56.0 Å². The highest BCUT2D eigenvalue weighted by molar-refractivity contribution is 7.89. The molecule has 34 heavy (non-hydrogen) atoms. The maximum atomic E-state index is 13.6. The van der Waals surface area contributed by atoms with Gasteiger partial charge in [-0.05, 0) is 32.0 Å².